The van der Waals surface area contributed by atoms with Gasteiger partial charge in [0.15, 0.2) is 0 Å². The van der Waals surface area contributed by atoms with Gasteiger partial charge in [-0.3, -0.25) is 0 Å². The minimum Gasteiger partial charge on any atom is -0.313 e. The van der Waals surface area contributed by atoms with Crippen molar-refractivity contribution in [2.24, 2.45) is 0 Å². The molecule has 0 aromatic heterocycles. The molecule has 0 aliphatic carbocycles. The molecule has 1 N–H and O–H groups in total. The fourth-order valence-corrected chi connectivity index (χ4v) is 2.04. The van der Waals surface area contributed by atoms with Crippen LogP contribution in [0.25, 0.3) is 0 Å². The van der Waals surface area contributed by atoms with Crippen LogP contribution in [0, 0.1) is 0 Å². The third-order valence-electron chi connectivity index (χ3n) is 2.91. The molecule has 0 aliphatic rings. The van der Waals surface area contributed by atoms with Crippen molar-refractivity contribution in [3.8, 4) is 0 Å². The molecule has 0 saturated heterocycles. The van der Waals surface area contributed by atoms with E-state index in [9.17, 15) is 0 Å². The standard InChI is InChI=1S/C14H32N2/c1-5-6-7-8-9-10-11-12-15-14(2)13-16(3)4/h14-15H,5-13H2,1-4H3. The summed E-state index contributed by atoms with van der Waals surface area (Å²) in [6.45, 7) is 6.86. The molecular formula is C14H32N2. The average molecular weight is 228 g/mol. The molecule has 2 nitrogen and oxygen atoms in total. The van der Waals surface area contributed by atoms with Gasteiger partial charge in [0.1, 0.15) is 0 Å². The van der Waals surface area contributed by atoms with Crippen LogP contribution in [0.5, 0.6) is 0 Å². The molecule has 98 valence electrons. The van der Waals surface area contributed by atoms with Crippen LogP contribution in [0.2, 0.25) is 0 Å². The molecule has 0 saturated carbocycles. The van der Waals surface area contributed by atoms with Crippen LogP contribution in [0.3, 0.4) is 0 Å². The Hall–Kier alpha value is -0.0800. The highest BCUT2D eigenvalue weighted by molar-refractivity contribution is 4.63. The number of rotatable bonds is 11. The first-order valence-corrected chi connectivity index (χ1v) is 7.05. The number of likely N-dealkylation sites (N-methyl/N-ethyl adjacent to an activating group) is 1. The number of hydrogen-bond donors (Lipinski definition) is 1. The minimum atomic E-state index is 0.620. The fraction of sp³-hybridized carbons (Fsp3) is 1.00. The summed E-state index contributed by atoms with van der Waals surface area (Å²) in [5.41, 5.74) is 0. The Balaban J connectivity index is 3.08. The van der Waals surface area contributed by atoms with Gasteiger partial charge in [-0.15, -0.1) is 0 Å². The fourth-order valence-electron chi connectivity index (χ4n) is 2.04. The van der Waals surface area contributed by atoms with E-state index in [2.05, 4.69) is 38.2 Å². The SMILES string of the molecule is CCCCCCCCCNC(C)CN(C)C. The summed E-state index contributed by atoms with van der Waals surface area (Å²) in [5, 5.41) is 3.57. The molecule has 0 heterocycles. The maximum absolute atomic E-state index is 3.57. The molecule has 0 amide bonds. The van der Waals surface area contributed by atoms with E-state index in [1.165, 1.54) is 51.5 Å². The van der Waals surface area contributed by atoms with Gasteiger partial charge >= 0.3 is 0 Å². The number of nitrogens with one attached hydrogen (secondary N) is 1. The van der Waals surface area contributed by atoms with E-state index in [1.54, 1.807) is 0 Å². The third-order valence-corrected chi connectivity index (χ3v) is 2.91. The van der Waals surface area contributed by atoms with Crippen LogP contribution in [0.4, 0.5) is 0 Å². The Morgan fingerprint density at radius 1 is 0.938 bits per heavy atom. The van der Waals surface area contributed by atoms with Crippen LogP contribution in [-0.2, 0) is 0 Å². The summed E-state index contributed by atoms with van der Waals surface area (Å²) in [6, 6.07) is 0.620. The van der Waals surface area contributed by atoms with Crippen molar-refractivity contribution in [2.75, 3.05) is 27.2 Å². The molecule has 1 unspecified atom stereocenters. The predicted molar refractivity (Wildman–Crippen MR) is 74.0 cm³/mol. The molecule has 0 aromatic rings. The van der Waals surface area contributed by atoms with Gasteiger partial charge < -0.3 is 10.2 Å². The van der Waals surface area contributed by atoms with Gasteiger partial charge in [0, 0.05) is 12.6 Å². The van der Waals surface area contributed by atoms with Crippen LogP contribution in [0.1, 0.15) is 58.8 Å². The van der Waals surface area contributed by atoms with E-state index in [0.717, 1.165) is 6.54 Å². The maximum atomic E-state index is 3.57. The highest BCUT2D eigenvalue weighted by Gasteiger charge is 2.01. The van der Waals surface area contributed by atoms with E-state index in [-0.39, 0.29) is 0 Å². The Morgan fingerprint density at radius 3 is 2.06 bits per heavy atom. The summed E-state index contributed by atoms with van der Waals surface area (Å²) < 4.78 is 0. The van der Waals surface area contributed by atoms with Crippen molar-refractivity contribution >= 4 is 0 Å². The van der Waals surface area contributed by atoms with E-state index < -0.39 is 0 Å². The average Bonchev–Trinajstić information content (AvgIpc) is 2.21. The Bertz CT molecular complexity index is 135. The van der Waals surface area contributed by atoms with Crippen LogP contribution in [0.15, 0.2) is 0 Å². The minimum absolute atomic E-state index is 0.620. The molecule has 2 heteroatoms. The van der Waals surface area contributed by atoms with Crippen molar-refractivity contribution in [3.63, 3.8) is 0 Å². The Labute approximate surface area is 103 Å². The number of hydrogen-bond acceptors (Lipinski definition) is 2. The lowest BCUT2D eigenvalue weighted by Gasteiger charge is -2.18. The zero-order valence-corrected chi connectivity index (χ0v) is 11.9. The summed E-state index contributed by atoms with van der Waals surface area (Å²) in [4.78, 5) is 2.24. The monoisotopic (exact) mass is 228 g/mol. The van der Waals surface area contributed by atoms with E-state index in [1.807, 2.05) is 0 Å². The molecule has 0 aromatic carbocycles. The number of nitrogens with zero attached hydrogens (tertiary/aromatic N) is 1. The normalized spacial score (nSPS) is 13.3. The lowest BCUT2D eigenvalue weighted by molar-refractivity contribution is 0.348. The van der Waals surface area contributed by atoms with Crippen LogP contribution < -0.4 is 5.32 Å². The van der Waals surface area contributed by atoms with E-state index in [4.69, 9.17) is 0 Å². The molecule has 0 aliphatic heterocycles. The molecule has 1 atom stereocenters. The van der Waals surface area contributed by atoms with Crippen molar-refractivity contribution in [1.29, 1.82) is 0 Å². The summed E-state index contributed by atoms with van der Waals surface area (Å²) in [5.74, 6) is 0. The maximum Gasteiger partial charge on any atom is 0.0166 e. The van der Waals surface area contributed by atoms with Crippen molar-refractivity contribution in [2.45, 2.75) is 64.8 Å². The van der Waals surface area contributed by atoms with Crippen LogP contribution >= 0.6 is 0 Å². The van der Waals surface area contributed by atoms with Crippen molar-refractivity contribution in [1.82, 2.24) is 10.2 Å². The van der Waals surface area contributed by atoms with E-state index >= 15 is 0 Å². The Morgan fingerprint density at radius 2 is 1.50 bits per heavy atom. The lowest BCUT2D eigenvalue weighted by Crippen LogP contribution is -2.36. The zero-order chi connectivity index (χ0) is 12.2. The molecule has 0 spiro atoms. The molecule has 0 radical (unpaired) electrons. The first kappa shape index (κ1) is 15.9. The molecular weight excluding hydrogens is 196 g/mol. The summed E-state index contributed by atoms with van der Waals surface area (Å²) >= 11 is 0. The van der Waals surface area contributed by atoms with Gasteiger partial charge in [0.2, 0.25) is 0 Å². The second-order valence-corrected chi connectivity index (χ2v) is 5.24. The van der Waals surface area contributed by atoms with Gasteiger partial charge in [-0.2, -0.15) is 0 Å². The van der Waals surface area contributed by atoms with Gasteiger partial charge in [-0.25, -0.2) is 0 Å². The van der Waals surface area contributed by atoms with Crippen molar-refractivity contribution < 1.29 is 0 Å². The third kappa shape index (κ3) is 12.0. The largest absolute Gasteiger partial charge is 0.313 e. The molecule has 16 heavy (non-hydrogen) atoms. The van der Waals surface area contributed by atoms with Crippen LogP contribution in [-0.4, -0.2) is 38.1 Å². The molecule has 0 bridgehead atoms. The first-order valence-electron chi connectivity index (χ1n) is 7.05. The topological polar surface area (TPSA) is 15.3 Å². The zero-order valence-electron chi connectivity index (χ0n) is 11.9. The highest BCUT2D eigenvalue weighted by Crippen LogP contribution is 2.06. The molecule has 0 fully saturated rings. The quantitative estimate of drug-likeness (QED) is 0.546. The van der Waals surface area contributed by atoms with E-state index in [0.29, 0.717) is 6.04 Å². The number of unbranched alkanes of at least 4 members (excludes halogenated alkanes) is 6. The Kier molecular flexibility index (Phi) is 11.3. The predicted octanol–water partition coefficient (Wildman–Crippen LogP) is 3.28. The van der Waals surface area contributed by atoms with Crippen molar-refractivity contribution in [3.05, 3.63) is 0 Å². The molecule has 0 rings (SSSR count). The first-order chi connectivity index (χ1) is 7.66. The van der Waals surface area contributed by atoms with Gasteiger partial charge in [-0.05, 0) is 34.0 Å². The van der Waals surface area contributed by atoms with Gasteiger partial charge in [0.05, 0.1) is 0 Å². The highest BCUT2D eigenvalue weighted by atomic mass is 15.1. The second kappa shape index (κ2) is 11.4. The summed E-state index contributed by atoms with van der Waals surface area (Å²) in [7, 11) is 4.26. The van der Waals surface area contributed by atoms with Gasteiger partial charge in [0.25, 0.3) is 0 Å². The van der Waals surface area contributed by atoms with Gasteiger partial charge in [-0.1, -0.05) is 45.4 Å². The summed E-state index contributed by atoms with van der Waals surface area (Å²) in [6.07, 6.45) is 9.78. The second-order valence-electron chi connectivity index (χ2n) is 5.24. The lowest BCUT2D eigenvalue weighted by atomic mass is 10.1. The smallest absolute Gasteiger partial charge is 0.0166 e.